The SMILES string of the molecule is COc1ccc(-c2ccccc2)cc1.COc1ccc(Br)cc1. The van der Waals surface area contributed by atoms with Crippen molar-refractivity contribution in [2.24, 2.45) is 0 Å². The lowest BCUT2D eigenvalue weighted by Gasteiger charge is -2.02. The molecule has 23 heavy (non-hydrogen) atoms. The lowest BCUT2D eigenvalue weighted by molar-refractivity contribution is 0.414. The molecule has 0 aromatic heterocycles. The molecule has 118 valence electrons. The van der Waals surface area contributed by atoms with E-state index in [9.17, 15) is 0 Å². The van der Waals surface area contributed by atoms with Gasteiger partial charge in [-0.1, -0.05) is 58.4 Å². The van der Waals surface area contributed by atoms with Crippen LogP contribution in [0.1, 0.15) is 0 Å². The molecule has 0 saturated heterocycles. The van der Waals surface area contributed by atoms with Gasteiger partial charge in [0.05, 0.1) is 14.2 Å². The smallest absolute Gasteiger partial charge is 0.118 e. The van der Waals surface area contributed by atoms with Gasteiger partial charge in [-0.15, -0.1) is 0 Å². The molecule has 0 heterocycles. The van der Waals surface area contributed by atoms with E-state index in [2.05, 4.69) is 40.2 Å². The molecule has 0 aliphatic heterocycles. The van der Waals surface area contributed by atoms with E-state index in [4.69, 9.17) is 9.47 Å². The van der Waals surface area contributed by atoms with Crippen molar-refractivity contribution in [2.75, 3.05) is 14.2 Å². The number of benzene rings is 3. The van der Waals surface area contributed by atoms with Gasteiger partial charge < -0.3 is 9.47 Å². The molecule has 0 amide bonds. The number of hydrogen-bond donors (Lipinski definition) is 0. The molecule has 3 aromatic rings. The molecule has 0 aliphatic rings. The Morgan fingerprint density at radius 1 is 0.565 bits per heavy atom. The van der Waals surface area contributed by atoms with Crippen LogP contribution in [0.2, 0.25) is 0 Å². The van der Waals surface area contributed by atoms with Crippen LogP contribution in [0.3, 0.4) is 0 Å². The van der Waals surface area contributed by atoms with Gasteiger partial charge in [0.2, 0.25) is 0 Å². The van der Waals surface area contributed by atoms with E-state index in [1.54, 1.807) is 14.2 Å². The summed E-state index contributed by atoms with van der Waals surface area (Å²) in [5.74, 6) is 1.78. The third-order valence-electron chi connectivity index (χ3n) is 3.25. The van der Waals surface area contributed by atoms with Crippen molar-refractivity contribution in [2.45, 2.75) is 0 Å². The normalized spacial score (nSPS) is 9.52. The molecule has 3 rings (SSSR count). The van der Waals surface area contributed by atoms with Crippen LogP contribution in [0, 0.1) is 0 Å². The van der Waals surface area contributed by atoms with Gasteiger partial charge in [-0.2, -0.15) is 0 Å². The lowest BCUT2D eigenvalue weighted by Crippen LogP contribution is -1.82. The second-order valence-corrected chi connectivity index (χ2v) is 5.67. The summed E-state index contributed by atoms with van der Waals surface area (Å²) in [7, 11) is 3.33. The molecule has 0 fully saturated rings. The fraction of sp³-hybridized carbons (Fsp3) is 0.100. The van der Waals surface area contributed by atoms with E-state index >= 15 is 0 Å². The Balaban J connectivity index is 0.000000185. The number of ether oxygens (including phenoxy) is 2. The molecular formula is C20H19BrO2. The summed E-state index contributed by atoms with van der Waals surface area (Å²) in [4.78, 5) is 0. The summed E-state index contributed by atoms with van der Waals surface area (Å²) in [5, 5.41) is 0. The monoisotopic (exact) mass is 370 g/mol. The summed E-state index contributed by atoms with van der Waals surface area (Å²) in [6.45, 7) is 0. The highest BCUT2D eigenvalue weighted by Crippen LogP contribution is 2.21. The van der Waals surface area contributed by atoms with Gasteiger partial charge in [0.15, 0.2) is 0 Å². The van der Waals surface area contributed by atoms with Crippen LogP contribution >= 0.6 is 15.9 Å². The van der Waals surface area contributed by atoms with Crippen LogP contribution in [-0.2, 0) is 0 Å². The minimum atomic E-state index is 0.887. The van der Waals surface area contributed by atoms with E-state index in [1.807, 2.05) is 54.6 Å². The zero-order chi connectivity index (χ0) is 16.5. The Morgan fingerprint density at radius 2 is 1.00 bits per heavy atom. The number of hydrogen-bond acceptors (Lipinski definition) is 2. The van der Waals surface area contributed by atoms with E-state index in [1.165, 1.54) is 11.1 Å². The lowest BCUT2D eigenvalue weighted by atomic mass is 10.1. The van der Waals surface area contributed by atoms with Crippen molar-refractivity contribution in [3.8, 4) is 22.6 Å². The molecule has 3 aromatic carbocycles. The molecule has 0 bridgehead atoms. The van der Waals surface area contributed by atoms with Gasteiger partial charge in [-0.25, -0.2) is 0 Å². The van der Waals surface area contributed by atoms with Crippen LogP contribution in [0.5, 0.6) is 11.5 Å². The zero-order valence-electron chi connectivity index (χ0n) is 13.2. The van der Waals surface area contributed by atoms with E-state index in [-0.39, 0.29) is 0 Å². The minimum Gasteiger partial charge on any atom is -0.497 e. The molecule has 0 spiro atoms. The Morgan fingerprint density at radius 3 is 1.48 bits per heavy atom. The van der Waals surface area contributed by atoms with Gasteiger partial charge in [0.25, 0.3) is 0 Å². The molecule has 0 atom stereocenters. The predicted molar refractivity (Wildman–Crippen MR) is 99.1 cm³/mol. The first-order valence-electron chi connectivity index (χ1n) is 7.22. The van der Waals surface area contributed by atoms with Gasteiger partial charge in [-0.05, 0) is 47.5 Å². The summed E-state index contributed by atoms with van der Waals surface area (Å²) < 4.78 is 11.1. The van der Waals surface area contributed by atoms with E-state index < -0.39 is 0 Å². The minimum absolute atomic E-state index is 0.887. The Labute approximate surface area is 145 Å². The number of halogens is 1. The fourth-order valence-corrected chi connectivity index (χ4v) is 2.25. The van der Waals surface area contributed by atoms with Crippen LogP contribution in [0.4, 0.5) is 0 Å². The highest BCUT2D eigenvalue weighted by atomic mass is 79.9. The first kappa shape index (κ1) is 17.1. The molecule has 0 saturated carbocycles. The molecule has 0 aliphatic carbocycles. The zero-order valence-corrected chi connectivity index (χ0v) is 14.8. The molecule has 0 radical (unpaired) electrons. The van der Waals surface area contributed by atoms with Crippen molar-refractivity contribution < 1.29 is 9.47 Å². The molecule has 0 N–H and O–H groups in total. The number of rotatable bonds is 3. The maximum Gasteiger partial charge on any atom is 0.118 e. The third-order valence-corrected chi connectivity index (χ3v) is 3.78. The summed E-state index contributed by atoms with van der Waals surface area (Å²) >= 11 is 3.32. The van der Waals surface area contributed by atoms with Crippen LogP contribution < -0.4 is 9.47 Å². The summed E-state index contributed by atoms with van der Waals surface area (Å²) in [5.41, 5.74) is 2.45. The Bertz CT molecular complexity index is 692. The molecule has 2 nitrogen and oxygen atoms in total. The fourth-order valence-electron chi connectivity index (χ4n) is 1.98. The largest absolute Gasteiger partial charge is 0.497 e. The third kappa shape index (κ3) is 5.46. The second-order valence-electron chi connectivity index (χ2n) is 4.75. The van der Waals surface area contributed by atoms with Gasteiger partial charge in [0.1, 0.15) is 11.5 Å². The number of methoxy groups -OCH3 is 2. The first-order chi connectivity index (χ1) is 11.2. The van der Waals surface area contributed by atoms with Crippen molar-refractivity contribution in [1.29, 1.82) is 0 Å². The van der Waals surface area contributed by atoms with Crippen LogP contribution in [0.25, 0.3) is 11.1 Å². The van der Waals surface area contributed by atoms with Crippen molar-refractivity contribution in [1.82, 2.24) is 0 Å². The standard InChI is InChI=1S/C13H12O.C7H7BrO/c1-14-13-9-7-12(8-10-13)11-5-3-2-4-6-11;1-9-7-4-2-6(8)3-5-7/h2-10H,1H3;2-5H,1H3. The predicted octanol–water partition coefficient (Wildman–Crippen LogP) is 5.82. The van der Waals surface area contributed by atoms with Gasteiger partial charge in [-0.3, -0.25) is 0 Å². The maximum absolute atomic E-state index is 5.11. The highest BCUT2D eigenvalue weighted by Gasteiger charge is 1.96. The van der Waals surface area contributed by atoms with Crippen molar-refractivity contribution >= 4 is 15.9 Å². The first-order valence-corrected chi connectivity index (χ1v) is 8.01. The van der Waals surface area contributed by atoms with Gasteiger partial charge in [0, 0.05) is 4.47 Å². The van der Waals surface area contributed by atoms with E-state index in [0.29, 0.717) is 0 Å². The Hall–Kier alpha value is -2.26. The molecule has 3 heteroatoms. The summed E-state index contributed by atoms with van der Waals surface area (Å²) in [6.07, 6.45) is 0. The van der Waals surface area contributed by atoms with E-state index in [0.717, 1.165) is 16.0 Å². The maximum atomic E-state index is 5.11. The average molecular weight is 371 g/mol. The van der Waals surface area contributed by atoms with Gasteiger partial charge >= 0.3 is 0 Å². The van der Waals surface area contributed by atoms with Crippen LogP contribution in [-0.4, -0.2) is 14.2 Å². The molecular weight excluding hydrogens is 352 g/mol. The van der Waals surface area contributed by atoms with Crippen molar-refractivity contribution in [3.05, 3.63) is 83.3 Å². The summed E-state index contributed by atoms with van der Waals surface area (Å²) in [6, 6.07) is 26.1. The van der Waals surface area contributed by atoms with Crippen LogP contribution in [0.15, 0.2) is 83.3 Å². The highest BCUT2D eigenvalue weighted by molar-refractivity contribution is 9.10. The average Bonchev–Trinajstić information content (AvgIpc) is 2.64. The van der Waals surface area contributed by atoms with Crippen molar-refractivity contribution in [3.63, 3.8) is 0 Å². The molecule has 0 unspecified atom stereocenters. The topological polar surface area (TPSA) is 18.5 Å². The quantitative estimate of drug-likeness (QED) is 0.578. The second kappa shape index (κ2) is 9.01. The Kier molecular flexibility index (Phi) is 6.70.